The molecule has 1 N–H and O–H groups in total. The number of benzene rings is 2. The molecule has 3 heterocycles. The van der Waals surface area contributed by atoms with Gasteiger partial charge in [-0.1, -0.05) is 42.5 Å². The summed E-state index contributed by atoms with van der Waals surface area (Å²) in [5, 5.41) is 12.3. The van der Waals surface area contributed by atoms with Crippen LogP contribution in [0.2, 0.25) is 0 Å². The third-order valence-corrected chi connectivity index (χ3v) is 8.43. The number of aromatic nitrogens is 2. The lowest BCUT2D eigenvalue weighted by Gasteiger charge is -2.23. The Morgan fingerprint density at radius 3 is 2.67 bits per heavy atom. The number of hydrogen-bond acceptors (Lipinski definition) is 5. The molecule has 0 saturated heterocycles. The van der Waals surface area contributed by atoms with Crippen molar-refractivity contribution in [2.24, 2.45) is 0 Å². The van der Waals surface area contributed by atoms with Crippen LogP contribution < -0.4 is 10.2 Å². The van der Waals surface area contributed by atoms with Gasteiger partial charge in [0.2, 0.25) is 11.8 Å². The van der Waals surface area contributed by atoms with Gasteiger partial charge in [0.05, 0.1) is 22.4 Å². The summed E-state index contributed by atoms with van der Waals surface area (Å²) in [4.78, 5) is 28.2. The van der Waals surface area contributed by atoms with E-state index in [4.69, 9.17) is 5.10 Å². The summed E-state index contributed by atoms with van der Waals surface area (Å²) in [7, 11) is 0. The first kappa shape index (κ1) is 23.1. The number of carbonyl (C=O) groups excluding carboxylic acids is 2. The molecular formula is C28H26N4O2S2. The highest BCUT2D eigenvalue weighted by atomic mass is 32.2. The Kier molecular flexibility index (Phi) is 6.15. The number of thioether (sulfide) groups is 1. The highest BCUT2D eigenvalue weighted by Crippen LogP contribution is 2.48. The Labute approximate surface area is 218 Å². The predicted octanol–water partition coefficient (Wildman–Crippen LogP) is 5.36. The Bertz CT molecular complexity index is 1410. The number of aryl methyl sites for hydroxylation is 1. The zero-order chi connectivity index (χ0) is 24.6. The van der Waals surface area contributed by atoms with Gasteiger partial charge in [0.15, 0.2) is 0 Å². The van der Waals surface area contributed by atoms with Gasteiger partial charge in [-0.25, -0.2) is 4.68 Å². The van der Waals surface area contributed by atoms with E-state index in [1.807, 2.05) is 48.0 Å². The molecule has 2 aromatic carbocycles. The third kappa shape index (κ3) is 4.47. The van der Waals surface area contributed by atoms with Crippen LogP contribution in [0, 0.1) is 6.92 Å². The van der Waals surface area contributed by atoms with Crippen molar-refractivity contribution in [1.29, 1.82) is 0 Å². The number of amides is 2. The fourth-order valence-corrected chi connectivity index (χ4v) is 6.56. The van der Waals surface area contributed by atoms with Crippen molar-refractivity contribution >= 4 is 40.7 Å². The number of nitrogens with one attached hydrogen (secondary N) is 1. The molecule has 1 aliphatic carbocycles. The van der Waals surface area contributed by atoms with E-state index >= 15 is 0 Å². The lowest BCUT2D eigenvalue weighted by atomic mass is 10.0. The van der Waals surface area contributed by atoms with Crippen molar-refractivity contribution in [3.05, 3.63) is 88.1 Å². The van der Waals surface area contributed by atoms with Gasteiger partial charge >= 0.3 is 0 Å². The number of rotatable bonds is 6. The van der Waals surface area contributed by atoms with E-state index in [0.717, 1.165) is 46.5 Å². The zero-order valence-electron chi connectivity index (χ0n) is 19.9. The summed E-state index contributed by atoms with van der Waals surface area (Å²) >= 11 is 3.24. The Morgan fingerprint density at radius 1 is 1.11 bits per heavy atom. The standard InChI is InChI=1S/C28H26N4O2S2/c1-18-6-5-9-22(14-18)32-28-25(26(30-32)19-7-3-2-4-8-19)27(20-12-13-35-16-20)36-17-24(34)31(28)15-23(33)29-21-10-11-21/h2-9,12-14,16,21,27H,10-11,15,17H2,1H3,(H,29,33). The summed E-state index contributed by atoms with van der Waals surface area (Å²) in [6.07, 6.45) is 2.00. The molecule has 1 fully saturated rings. The van der Waals surface area contributed by atoms with Crippen molar-refractivity contribution in [2.75, 3.05) is 17.2 Å². The molecule has 4 aromatic rings. The van der Waals surface area contributed by atoms with Crippen molar-refractivity contribution in [3.63, 3.8) is 0 Å². The van der Waals surface area contributed by atoms with Gasteiger partial charge in [-0.2, -0.15) is 16.4 Å². The molecule has 0 bridgehead atoms. The molecule has 2 aromatic heterocycles. The minimum Gasteiger partial charge on any atom is -0.352 e. The Morgan fingerprint density at radius 2 is 1.94 bits per heavy atom. The summed E-state index contributed by atoms with van der Waals surface area (Å²) in [5.41, 5.74) is 5.89. The van der Waals surface area contributed by atoms with Crippen molar-refractivity contribution in [1.82, 2.24) is 15.1 Å². The van der Waals surface area contributed by atoms with Crippen LogP contribution >= 0.6 is 23.1 Å². The van der Waals surface area contributed by atoms with Crippen LogP contribution in [0.15, 0.2) is 71.4 Å². The van der Waals surface area contributed by atoms with Crippen LogP contribution in [-0.2, 0) is 9.59 Å². The molecular weight excluding hydrogens is 488 g/mol. The van der Waals surface area contributed by atoms with Crippen LogP contribution in [0.1, 0.15) is 34.8 Å². The van der Waals surface area contributed by atoms with Gasteiger partial charge in [0, 0.05) is 17.2 Å². The van der Waals surface area contributed by atoms with Gasteiger partial charge in [0.1, 0.15) is 12.4 Å². The average molecular weight is 515 g/mol. The smallest absolute Gasteiger partial charge is 0.240 e. The highest BCUT2D eigenvalue weighted by Gasteiger charge is 2.38. The molecule has 182 valence electrons. The first-order valence-electron chi connectivity index (χ1n) is 12.1. The van der Waals surface area contributed by atoms with Crippen LogP contribution in [0.4, 0.5) is 5.82 Å². The molecule has 6 rings (SSSR count). The lowest BCUT2D eigenvalue weighted by Crippen LogP contribution is -2.43. The predicted molar refractivity (Wildman–Crippen MR) is 146 cm³/mol. The molecule has 2 amide bonds. The summed E-state index contributed by atoms with van der Waals surface area (Å²) in [6, 6.07) is 20.5. The lowest BCUT2D eigenvalue weighted by molar-refractivity contribution is -0.123. The zero-order valence-corrected chi connectivity index (χ0v) is 21.5. The molecule has 6 nitrogen and oxygen atoms in total. The topological polar surface area (TPSA) is 67.2 Å². The monoisotopic (exact) mass is 514 g/mol. The minimum absolute atomic E-state index is 0.0228. The van der Waals surface area contributed by atoms with E-state index in [-0.39, 0.29) is 35.4 Å². The maximum Gasteiger partial charge on any atom is 0.240 e. The van der Waals surface area contributed by atoms with Gasteiger partial charge in [-0.3, -0.25) is 14.5 Å². The molecule has 2 aliphatic rings. The van der Waals surface area contributed by atoms with Gasteiger partial charge in [-0.15, -0.1) is 11.8 Å². The maximum atomic E-state index is 13.6. The van der Waals surface area contributed by atoms with E-state index in [2.05, 4.69) is 40.3 Å². The van der Waals surface area contributed by atoms with Gasteiger partial charge in [0.25, 0.3) is 0 Å². The minimum atomic E-state index is -0.131. The number of carbonyl (C=O) groups is 2. The fourth-order valence-electron chi connectivity index (χ4n) is 4.60. The number of hydrogen-bond donors (Lipinski definition) is 1. The molecule has 0 spiro atoms. The van der Waals surface area contributed by atoms with Crippen LogP contribution in [0.25, 0.3) is 16.9 Å². The normalized spacial score (nSPS) is 17.5. The molecule has 36 heavy (non-hydrogen) atoms. The third-order valence-electron chi connectivity index (χ3n) is 6.47. The number of anilines is 1. The quantitative estimate of drug-likeness (QED) is 0.376. The second-order valence-corrected chi connectivity index (χ2v) is 11.1. The van der Waals surface area contributed by atoms with Crippen LogP contribution in [0.3, 0.4) is 0 Å². The highest BCUT2D eigenvalue weighted by molar-refractivity contribution is 8.00. The second-order valence-electron chi connectivity index (χ2n) is 9.27. The fraction of sp³-hybridized carbons (Fsp3) is 0.250. The van der Waals surface area contributed by atoms with Crippen molar-refractivity contribution < 1.29 is 9.59 Å². The van der Waals surface area contributed by atoms with E-state index in [1.165, 1.54) is 0 Å². The first-order chi connectivity index (χ1) is 17.6. The summed E-state index contributed by atoms with van der Waals surface area (Å²) < 4.78 is 1.86. The SMILES string of the molecule is Cc1cccc(-n2nc(-c3ccccc3)c3c2N(CC(=O)NC2CC2)C(=O)CSC3c2ccsc2)c1. The van der Waals surface area contributed by atoms with Gasteiger partial charge < -0.3 is 5.32 Å². The molecule has 1 unspecified atom stereocenters. The average Bonchev–Trinajstić information content (AvgIpc) is 3.40. The van der Waals surface area contributed by atoms with Gasteiger partial charge in [-0.05, 0) is 59.9 Å². The molecule has 0 radical (unpaired) electrons. The Hall–Kier alpha value is -3.36. The summed E-state index contributed by atoms with van der Waals surface area (Å²) in [6.45, 7) is 2.02. The van der Waals surface area contributed by atoms with E-state index < -0.39 is 0 Å². The summed E-state index contributed by atoms with van der Waals surface area (Å²) in [5.74, 6) is 0.748. The Balaban J connectivity index is 1.60. The van der Waals surface area contributed by atoms with Crippen LogP contribution in [-0.4, -0.2) is 39.9 Å². The molecule has 1 atom stereocenters. The molecule has 1 aliphatic heterocycles. The molecule has 8 heteroatoms. The van der Waals surface area contributed by atoms with Crippen LogP contribution in [0.5, 0.6) is 0 Å². The first-order valence-corrected chi connectivity index (χ1v) is 14.1. The second kappa shape index (κ2) is 9.59. The number of nitrogens with zero attached hydrogens (tertiary/aromatic N) is 3. The van der Waals surface area contributed by atoms with Crippen molar-refractivity contribution in [2.45, 2.75) is 31.1 Å². The number of thiophene rings is 1. The molecule has 1 saturated carbocycles. The van der Waals surface area contributed by atoms with E-state index in [9.17, 15) is 9.59 Å². The maximum absolute atomic E-state index is 13.6. The van der Waals surface area contributed by atoms with E-state index in [0.29, 0.717) is 5.82 Å². The largest absolute Gasteiger partial charge is 0.352 e. The van der Waals surface area contributed by atoms with E-state index in [1.54, 1.807) is 28.0 Å². The van der Waals surface area contributed by atoms with Crippen molar-refractivity contribution in [3.8, 4) is 16.9 Å². The number of fused-ring (bicyclic) bond motifs is 1.